The first-order valence-corrected chi connectivity index (χ1v) is 8.20. The van der Waals surface area contributed by atoms with Crippen molar-refractivity contribution in [2.75, 3.05) is 13.6 Å². The first kappa shape index (κ1) is 15.1. The first-order valence-electron chi connectivity index (χ1n) is 8.20. The molecular weight excluding hydrogens is 276 g/mol. The number of rotatable bonds is 5. The quantitative estimate of drug-likeness (QED) is 0.839. The van der Waals surface area contributed by atoms with Crippen molar-refractivity contribution in [1.82, 2.24) is 9.80 Å². The summed E-state index contributed by atoms with van der Waals surface area (Å²) in [5.41, 5.74) is 1.82. The number of nitrogens with zero attached hydrogens (tertiary/aromatic N) is 2. The molecule has 0 spiro atoms. The molecule has 1 unspecified atom stereocenters. The summed E-state index contributed by atoms with van der Waals surface area (Å²) in [5, 5.41) is 0. The number of hydrogen-bond acceptors (Lipinski definition) is 2. The van der Waals surface area contributed by atoms with E-state index in [0.717, 1.165) is 24.1 Å². The average molecular weight is 300 g/mol. The summed E-state index contributed by atoms with van der Waals surface area (Å²) in [6.07, 6.45) is 4.10. The predicted molar refractivity (Wildman–Crippen MR) is 85.4 cm³/mol. The van der Waals surface area contributed by atoms with Gasteiger partial charge in [-0.3, -0.25) is 9.59 Å². The molecule has 118 valence electrons. The summed E-state index contributed by atoms with van der Waals surface area (Å²) in [4.78, 5) is 27.9. The van der Waals surface area contributed by atoms with Crippen LogP contribution in [0.2, 0.25) is 0 Å². The lowest BCUT2D eigenvalue weighted by molar-refractivity contribution is -0.128. The summed E-state index contributed by atoms with van der Waals surface area (Å²) in [7, 11) is 1.89. The van der Waals surface area contributed by atoms with Crippen LogP contribution < -0.4 is 0 Å². The van der Waals surface area contributed by atoms with Gasteiger partial charge in [0.15, 0.2) is 0 Å². The van der Waals surface area contributed by atoms with E-state index in [-0.39, 0.29) is 11.8 Å². The summed E-state index contributed by atoms with van der Waals surface area (Å²) in [6, 6.07) is 8.01. The third-order valence-corrected chi connectivity index (χ3v) is 4.98. The standard InChI is InChI=1S/C18H24N2O2/c1-13(15-9-10-15)19(2)18(22)16-7-5-14(6-8-16)12-20-11-3-4-17(20)21/h5-8,13,15H,3-4,9-12H2,1-2H3. The van der Waals surface area contributed by atoms with Crippen LogP contribution in [-0.2, 0) is 11.3 Å². The molecule has 0 N–H and O–H groups in total. The lowest BCUT2D eigenvalue weighted by atomic mass is 10.1. The summed E-state index contributed by atoms with van der Waals surface area (Å²) >= 11 is 0. The van der Waals surface area contributed by atoms with E-state index in [4.69, 9.17) is 0 Å². The molecule has 3 rings (SSSR count). The van der Waals surface area contributed by atoms with Crippen molar-refractivity contribution >= 4 is 11.8 Å². The van der Waals surface area contributed by atoms with Crippen LogP contribution in [0.4, 0.5) is 0 Å². The largest absolute Gasteiger partial charge is 0.339 e. The minimum Gasteiger partial charge on any atom is -0.339 e. The highest BCUT2D eigenvalue weighted by Gasteiger charge is 2.32. The van der Waals surface area contributed by atoms with Gasteiger partial charge >= 0.3 is 0 Å². The van der Waals surface area contributed by atoms with Gasteiger partial charge in [-0.15, -0.1) is 0 Å². The Morgan fingerprint density at radius 1 is 1.32 bits per heavy atom. The average Bonchev–Trinajstić information content (AvgIpc) is 3.31. The zero-order valence-electron chi connectivity index (χ0n) is 13.4. The fraction of sp³-hybridized carbons (Fsp3) is 0.556. The Kier molecular flexibility index (Phi) is 4.19. The van der Waals surface area contributed by atoms with Crippen molar-refractivity contribution in [3.05, 3.63) is 35.4 Å². The number of amides is 2. The van der Waals surface area contributed by atoms with Gasteiger partial charge in [-0.1, -0.05) is 12.1 Å². The molecule has 0 aromatic heterocycles. The first-order chi connectivity index (χ1) is 10.6. The molecule has 1 saturated carbocycles. The molecule has 0 bridgehead atoms. The fourth-order valence-electron chi connectivity index (χ4n) is 3.13. The topological polar surface area (TPSA) is 40.6 Å². The minimum atomic E-state index is 0.0863. The van der Waals surface area contributed by atoms with Crippen LogP contribution in [0.1, 0.15) is 48.5 Å². The van der Waals surface area contributed by atoms with E-state index in [1.165, 1.54) is 12.8 Å². The summed E-state index contributed by atoms with van der Waals surface area (Å²) < 4.78 is 0. The van der Waals surface area contributed by atoms with Gasteiger partial charge in [-0.05, 0) is 49.8 Å². The number of hydrogen-bond donors (Lipinski definition) is 0. The van der Waals surface area contributed by atoms with Crippen molar-refractivity contribution in [3.8, 4) is 0 Å². The maximum absolute atomic E-state index is 12.5. The van der Waals surface area contributed by atoms with Crippen molar-refractivity contribution in [1.29, 1.82) is 0 Å². The summed E-state index contributed by atoms with van der Waals surface area (Å²) in [6.45, 7) is 3.63. The normalized spacial score (nSPS) is 19.4. The molecule has 22 heavy (non-hydrogen) atoms. The van der Waals surface area contributed by atoms with E-state index in [1.54, 1.807) is 0 Å². The minimum absolute atomic E-state index is 0.0863. The van der Waals surface area contributed by atoms with E-state index >= 15 is 0 Å². The van der Waals surface area contributed by atoms with Gasteiger partial charge in [0.05, 0.1) is 0 Å². The Bertz CT molecular complexity index is 563. The van der Waals surface area contributed by atoms with Crippen molar-refractivity contribution in [2.45, 2.75) is 45.2 Å². The third kappa shape index (κ3) is 3.16. The Labute approximate surface area is 132 Å². The fourth-order valence-corrected chi connectivity index (χ4v) is 3.13. The SMILES string of the molecule is CC(C1CC1)N(C)C(=O)c1ccc(CN2CCCC2=O)cc1. The number of benzene rings is 1. The van der Waals surface area contributed by atoms with Gasteiger partial charge in [-0.2, -0.15) is 0 Å². The highest BCUT2D eigenvalue weighted by Crippen LogP contribution is 2.35. The molecule has 1 atom stereocenters. The van der Waals surface area contributed by atoms with E-state index in [9.17, 15) is 9.59 Å². The molecule has 1 aromatic carbocycles. The van der Waals surface area contributed by atoms with Crippen LogP contribution in [0, 0.1) is 5.92 Å². The van der Waals surface area contributed by atoms with E-state index in [1.807, 2.05) is 41.1 Å². The van der Waals surface area contributed by atoms with E-state index in [0.29, 0.717) is 24.9 Å². The molecular formula is C18H24N2O2. The van der Waals surface area contributed by atoms with Crippen molar-refractivity contribution in [2.24, 2.45) is 5.92 Å². The van der Waals surface area contributed by atoms with Gasteiger partial charge in [0.25, 0.3) is 5.91 Å². The van der Waals surface area contributed by atoms with Gasteiger partial charge < -0.3 is 9.80 Å². The van der Waals surface area contributed by atoms with Gasteiger partial charge in [-0.25, -0.2) is 0 Å². The Morgan fingerprint density at radius 3 is 2.55 bits per heavy atom. The lowest BCUT2D eigenvalue weighted by Crippen LogP contribution is -2.36. The Hall–Kier alpha value is -1.84. The van der Waals surface area contributed by atoms with Gasteiger partial charge in [0.1, 0.15) is 0 Å². The number of likely N-dealkylation sites (tertiary alicyclic amines) is 1. The second kappa shape index (κ2) is 6.11. The molecule has 0 radical (unpaired) electrons. The highest BCUT2D eigenvalue weighted by atomic mass is 16.2. The second-order valence-electron chi connectivity index (χ2n) is 6.61. The molecule has 2 amide bonds. The third-order valence-electron chi connectivity index (χ3n) is 4.98. The molecule has 4 heteroatoms. The zero-order chi connectivity index (χ0) is 15.7. The molecule has 1 aliphatic heterocycles. The Balaban J connectivity index is 1.63. The Morgan fingerprint density at radius 2 is 2.00 bits per heavy atom. The number of carbonyl (C=O) groups is 2. The molecule has 2 fully saturated rings. The van der Waals surface area contributed by atoms with E-state index in [2.05, 4.69) is 6.92 Å². The molecule has 4 nitrogen and oxygen atoms in total. The van der Waals surface area contributed by atoms with Crippen LogP contribution in [0.15, 0.2) is 24.3 Å². The maximum atomic E-state index is 12.5. The second-order valence-corrected chi connectivity index (χ2v) is 6.61. The zero-order valence-corrected chi connectivity index (χ0v) is 13.4. The molecule has 1 aromatic rings. The van der Waals surface area contributed by atoms with Crippen LogP contribution in [0.25, 0.3) is 0 Å². The van der Waals surface area contributed by atoms with Gasteiger partial charge in [0.2, 0.25) is 5.91 Å². The maximum Gasteiger partial charge on any atom is 0.253 e. The van der Waals surface area contributed by atoms with Crippen LogP contribution >= 0.6 is 0 Å². The molecule has 1 saturated heterocycles. The molecule has 2 aliphatic rings. The lowest BCUT2D eigenvalue weighted by Gasteiger charge is -2.25. The predicted octanol–water partition coefficient (Wildman–Crippen LogP) is 2.68. The van der Waals surface area contributed by atoms with Crippen molar-refractivity contribution < 1.29 is 9.59 Å². The highest BCUT2D eigenvalue weighted by molar-refractivity contribution is 5.94. The van der Waals surface area contributed by atoms with Crippen LogP contribution in [0.5, 0.6) is 0 Å². The number of carbonyl (C=O) groups excluding carboxylic acids is 2. The van der Waals surface area contributed by atoms with Crippen molar-refractivity contribution in [3.63, 3.8) is 0 Å². The van der Waals surface area contributed by atoms with Crippen LogP contribution in [0.3, 0.4) is 0 Å². The molecule has 1 aliphatic carbocycles. The van der Waals surface area contributed by atoms with Gasteiger partial charge in [0, 0.05) is 38.2 Å². The van der Waals surface area contributed by atoms with Crippen LogP contribution in [-0.4, -0.2) is 41.2 Å². The summed E-state index contributed by atoms with van der Waals surface area (Å²) in [5.74, 6) is 0.996. The monoisotopic (exact) mass is 300 g/mol. The molecule has 1 heterocycles. The van der Waals surface area contributed by atoms with E-state index < -0.39 is 0 Å². The smallest absolute Gasteiger partial charge is 0.253 e.